The van der Waals surface area contributed by atoms with Crippen LogP contribution in [0.3, 0.4) is 0 Å². The number of aryl methyl sites for hydroxylation is 1. The number of rotatable bonds is 8. The highest BCUT2D eigenvalue weighted by molar-refractivity contribution is 7.89. The zero-order valence-electron chi connectivity index (χ0n) is 21.4. The second-order valence-corrected chi connectivity index (χ2v) is 13.6. The molecule has 2 aliphatic rings. The topological polar surface area (TPSA) is 113 Å². The molecule has 0 aliphatic carbocycles. The summed E-state index contributed by atoms with van der Waals surface area (Å²) in [6, 6.07) is 12.0. The molecule has 2 aromatic rings. The van der Waals surface area contributed by atoms with Gasteiger partial charge in [0.15, 0.2) is 0 Å². The maximum Gasteiger partial charge on any atom is 0.246 e. The molecule has 0 radical (unpaired) electrons. The van der Waals surface area contributed by atoms with Crippen LogP contribution < -0.4 is 10.1 Å². The molecule has 202 valence electrons. The van der Waals surface area contributed by atoms with E-state index in [0.717, 1.165) is 30.4 Å². The van der Waals surface area contributed by atoms with E-state index in [2.05, 4.69) is 5.32 Å². The zero-order valence-corrected chi connectivity index (χ0v) is 23.0. The minimum absolute atomic E-state index is 0.0340. The number of benzene rings is 2. The number of sulfonamides is 2. The monoisotopic (exact) mass is 549 g/mol. The van der Waals surface area contributed by atoms with Gasteiger partial charge < -0.3 is 10.1 Å². The van der Waals surface area contributed by atoms with E-state index in [-0.39, 0.29) is 41.3 Å². The fourth-order valence-electron chi connectivity index (χ4n) is 4.83. The number of hydrogen-bond donors (Lipinski definition) is 1. The average molecular weight is 550 g/mol. The summed E-state index contributed by atoms with van der Waals surface area (Å²) in [6.45, 7) is 3.42. The summed E-state index contributed by atoms with van der Waals surface area (Å²) in [6.07, 6.45) is 3.43. The van der Waals surface area contributed by atoms with Gasteiger partial charge in [0.2, 0.25) is 26.0 Å². The minimum Gasteiger partial charge on any atom is -0.495 e. The largest absolute Gasteiger partial charge is 0.495 e. The van der Waals surface area contributed by atoms with Crippen molar-refractivity contribution in [2.75, 3.05) is 38.6 Å². The van der Waals surface area contributed by atoms with E-state index in [9.17, 15) is 21.6 Å². The Kier molecular flexibility index (Phi) is 8.57. The lowest BCUT2D eigenvalue weighted by atomic mass is 9.97. The summed E-state index contributed by atoms with van der Waals surface area (Å²) in [5.41, 5.74) is 2.18. The van der Waals surface area contributed by atoms with Crippen LogP contribution in [0.4, 0.5) is 5.69 Å². The number of amides is 1. The van der Waals surface area contributed by atoms with E-state index >= 15 is 0 Å². The molecule has 37 heavy (non-hydrogen) atoms. The summed E-state index contributed by atoms with van der Waals surface area (Å²) in [7, 11) is -5.82. The first-order chi connectivity index (χ1) is 17.6. The molecule has 0 saturated carbocycles. The second-order valence-electron chi connectivity index (χ2n) is 9.73. The van der Waals surface area contributed by atoms with Gasteiger partial charge in [-0.1, -0.05) is 36.2 Å². The van der Waals surface area contributed by atoms with E-state index in [4.69, 9.17) is 4.74 Å². The Hall–Kier alpha value is -2.47. The molecule has 2 fully saturated rings. The summed E-state index contributed by atoms with van der Waals surface area (Å²) < 4.78 is 60.5. The van der Waals surface area contributed by atoms with Crippen molar-refractivity contribution in [3.63, 3.8) is 0 Å². The smallest absolute Gasteiger partial charge is 0.246 e. The Morgan fingerprint density at radius 3 is 2.19 bits per heavy atom. The van der Waals surface area contributed by atoms with Crippen LogP contribution in [0, 0.1) is 12.8 Å². The standard InChI is InChI=1S/C26H35N3O6S2/c1-20-6-8-21(9-7-20)19-36(31,32)28-16-12-22(13-17-28)26(30)27-23-10-11-24(35-2)25(18-23)37(33,34)29-14-4-3-5-15-29/h6-11,18,22H,3-5,12-17,19H2,1-2H3,(H,27,30). The lowest BCUT2D eigenvalue weighted by Gasteiger charge is -2.30. The van der Waals surface area contributed by atoms with Crippen molar-refractivity contribution in [1.82, 2.24) is 8.61 Å². The van der Waals surface area contributed by atoms with Crippen molar-refractivity contribution in [1.29, 1.82) is 0 Å². The molecule has 2 aliphatic heterocycles. The highest BCUT2D eigenvalue weighted by atomic mass is 32.2. The number of carbonyl (C=O) groups is 1. The van der Waals surface area contributed by atoms with Crippen molar-refractivity contribution < 1.29 is 26.4 Å². The summed E-state index contributed by atoms with van der Waals surface area (Å²) >= 11 is 0. The lowest BCUT2D eigenvalue weighted by molar-refractivity contribution is -0.120. The van der Waals surface area contributed by atoms with Gasteiger partial charge >= 0.3 is 0 Å². The molecule has 9 nitrogen and oxygen atoms in total. The fraction of sp³-hybridized carbons (Fsp3) is 0.500. The van der Waals surface area contributed by atoms with Gasteiger partial charge in [0, 0.05) is 37.8 Å². The molecule has 1 N–H and O–H groups in total. The highest BCUT2D eigenvalue weighted by Crippen LogP contribution is 2.32. The van der Waals surface area contributed by atoms with E-state index in [0.29, 0.717) is 31.6 Å². The van der Waals surface area contributed by atoms with E-state index in [1.807, 2.05) is 31.2 Å². The van der Waals surface area contributed by atoms with Gasteiger partial charge in [-0.05, 0) is 56.4 Å². The summed E-state index contributed by atoms with van der Waals surface area (Å²) in [4.78, 5) is 13.0. The summed E-state index contributed by atoms with van der Waals surface area (Å²) in [5, 5.41) is 2.83. The minimum atomic E-state index is -3.76. The molecular formula is C26H35N3O6S2. The predicted octanol–water partition coefficient (Wildman–Crippen LogP) is 3.36. The van der Waals surface area contributed by atoms with Crippen LogP contribution in [0.15, 0.2) is 47.4 Å². The van der Waals surface area contributed by atoms with Crippen LogP contribution >= 0.6 is 0 Å². The quantitative estimate of drug-likeness (QED) is 0.540. The van der Waals surface area contributed by atoms with Crippen molar-refractivity contribution in [3.8, 4) is 5.75 Å². The number of nitrogens with zero attached hydrogens (tertiary/aromatic N) is 2. The van der Waals surface area contributed by atoms with E-state index < -0.39 is 20.0 Å². The van der Waals surface area contributed by atoms with Crippen LogP contribution in [-0.2, 0) is 30.6 Å². The van der Waals surface area contributed by atoms with Crippen molar-refractivity contribution in [2.24, 2.45) is 5.92 Å². The van der Waals surface area contributed by atoms with Gasteiger partial charge in [0.1, 0.15) is 10.6 Å². The number of ether oxygens (including phenoxy) is 1. The van der Waals surface area contributed by atoms with Crippen LogP contribution in [0.25, 0.3) is 0 Å². The van der Waals surface area contributed by atoms with Gasteiger partial charge in [0.25, 0.3) is 0 Å². The van der Waals surface area contributed by atoms with Crippen LogP contribution in [0.1, 0.15) is 43.2 Å². The molecule has 0 atom stereocenters. The van der Waals surface area contributed by atoms with E-state index in [1.54, 1.807) is 12.1 Å². The Balaban J connectivity index is 1.39. The molecule has 11 heteroatoms. The van der Waals surface area contributed by atoms with Gasteiger partial charge in [-0.15, -0.1) is 0 Å². The Morgan fingerprint density at radius 2 is 1.57 bits per heavy atom. The first-order valence-electron chi connectivity index (χ1n) is 12.6. The third kappa shape index (κ3) is 6.51. The van der Waals surface area contributed by atoms with Crippen LogP contribution in [0.2, 0.25) is 0 Å². The third-order valence-corrected chi connectivity index (χ3v) is 10.8. The third-order valence-electron chi connectivity index (χ3n) is 7.05. The molecule has 0 bridgehead atoms. The van der Waals surface area contributed by atoms with Crippen molar-refractivity contribution in [3.05, 3.63) is 53.6 Å². The molecule has 2 saturated heterocycles. The second kappa shape index (κ2) is 11.5. The van der Waals surface area contributed by atoms with E-state index in [1.165, 1.54) is 21.8 Å². The molecule has 2 aromatic carbocycles. The molecule has 1 amide bonds. The number of piperidine rings is 2. The maximum absolute atomic E-state index is 13.3. The van der Waals surface area contributed by atoms with Crippen LogP contribution in [0.5, 0.6) is 5.75 Å². The number of nitrogens with one attached hydrogen (secondary N) is 1. The van der Waals surface area contributed by atoms with Crippen molar-refractivity contribution >= 4 is 31.6 Å². The molecule has 0 unspecified atom stereocenters. The molecular weight excluding hydrogens is 514 g/mol. The first kappa shape index (κ1) is 27.6. The number of anilines is 1. The average Bonchev–Trinajstić information content (AvgIpc) is 2.90. The molecule has 0 aromatic heterocycles. The number of carbonyl (C=O) groups excluding carboxylic acids is 1. The highest BCUT2D eigenvalue weighted by Gasteiger charge is 2.32. The zero-order chi connectivity index (χ0) is 26.6. The SMILES string of the molecule is COc1ccc(NC(=O)C2CCN(S(=O)(=O)Cc3ccc(C)cc3)CC2)cc1S(=O)(=O)N1CCCCC1. The van der Waals surface area contributed by atoms with Gasteiger partial charge in [-0.3, -0.25) is 4.79 Å². The Bertz CT molecular complexity index is 1310. The maximum atomic E-state index is 13.3. The lowest BCUT2D eigenvalue weighted by Crippen LogP contribution is -2.41. The first-order valence-corrected chi connectivity index (χ1v) is 15.7. The number of methoxy groups -OCH3 is 1. The normalized spacial score (nSPS) is 18.4. The molecule has 2 heterocycles. The van der Waals surface area contributed by atoms with Gasteiger partial charge in [-0.25, -0.2) is 21.1 Å². The summed E-state index contributed by atoms with van der Waals surface area (Å²) in [5.74, 6) is -0.447. The fourth-order valence-corrected chi connectivity index (χ4v) is 8.09. The van der Waals surface area contributed by atoms with Crippen LogP contribution in [-0.4, -0.2) is 64.6 Å². The van der Waals surface area contributed by atoms with Gasteiger partial charge in [0.05, 0.1) is 12.9 Å². The Morgan fingerprint density at radius 1 is 0.919 bits per heavy atom. The van der Waals surface area contributed by atoms with Crippen molar-refractivity contribution in [2.45, 2.75) is 49.7 Å². The predicted molar refractivity (Wildman–Crippen MR) is 142 cm³/mol. The number of hydrogen-bond acceptors (Lipinski definition) is 6. The van der Waals surface area contributed by atoms with Gasteiger partial charge in [-0.2, -0.15) is 4.31 Å². The molecule has 4 rings (SSSR count). The Labute approximate surface area is 219 Å². The molecule has 0 spiro atoms.